The van der Waals surface area contributed by atoms with Gasteiger partial charge in [0.05, 0.1) is 22.8 Å². The van der Waals surface area contributed by atoms with Crippen molar-refractivity contribution in [3.8, 4) is 5.75 Å². The van der Waals surface area contributed by atoms with Crippen molar-refractivity contribution in [3.05, 3.63) is 63.2 Å². The molecule has 2 heterocycles. The van der Waals surface area contributed by atoms with Gasteiger partial charge >= 0.3 is 5.97 Å². The van der Waals surface area contributed by atoms with E-state index in [0.717, 1.165) is 5.01 Å². The predicted octanol–water partition coefficient (Wildman–Crippen LogP) is 1.98. The lowest BCUT2D eigenvalue weighted by molar-refractivity contribution is -0.385. The number of nitro groups is 1. The third-order valence-electron chi connectivity index (χ3n) is 4.75. The molecule has 11 heteroatoms. The lowest BCUT2D eigenvalue weighted by atomic mass is 10.1. The van der Waals surface area contributed by atoms with Crippen LogP contribution in [0.5, 0.6) is 5.75 Å². The highest BCUT2D eigenvalue weighted by molar-refractivity contribution is 6.01. The molecule has 0 saturated carbocycles. The zero-order valence-electron chi connectivity index (χ0n) is 16.2. The molecular formula is C20H17N3O8. The number of hydrogen-bond donors (Lipinski definition) is 1. The Bertz CT molecular complexity index is 1070. The van der Waals surface area contributed by atoms with E-state index in [-0.39, 0.29) is 55.9 Å². The van der Waals surface area contributed by atoms with E-state index < -0.39 is 10.9 Å². The number of ether oxygens (including phenoxy) is 3. The molecule has 0 aromatic heterocycles. The molecule has 2 aromatic carbocycles. The number of esters is 1. The molecule has 0 unspecified atom stereocenters. The molecule has 1 saturated heterocycles. The van der Waals surface area contributed by atoms with E-state index >= 15 is 0 Å². The number of fused-ring (bicyclic) bond motifs is 1. The normalized spacial score (nSPS) is 15.5. The second kappa shape index (κ2) is 8.40. The maximum absolute atomic E-state index is 12.4. The van der Waals surface area contributed by atoms with Crippen LogP contribution >= 0.6 is 0 Å². The fourth-order valence-electron chi connectivity index (χ4n) is 3.25. The molecule has 160 valence electrons. The quantitative estimate of drug-likeness (QED) is 0.434. The van der Waals surface area contributed by atoms with Crippen LogP contribution in [0.3, 0.4) is 0 Å². The largest absolute Gasteiger partial charge is 0.467 e. The van der Waals surface area contributed by atoms with Crippen LogP contribution in [0.2, 0.25) is 0 Å². The molecule has 0 atom stereocenters. The van der Waals surface area contributed by atoms with Gasteiger partial charge in [-0.15, -0.1) is 0 Å². The molecule has 2 amide bonds. The number of anilines is 1. The van der Waals surface area contributed by atoms with Crippen molar-refractivity contribution < 1.29 is 33.5 Å². The summed E-state index contributed by atoms with van der Waals surface area (Å²) in [6.07, 6.45) is 0.243. The maximum Gasteiger partial charge on any atom is 0.338 e. The molecule has 2 aliphatic heterocycles. The Morgan fingerprint density at radius 1 is 1.19 bits per heavy atom. The van der Waals surface area contributed by atoms with Crippen molar-refractivity contribution >= 4 is 29.2 Å². The minimum Gasteiger partial charge on any atom is -0.467 e. The van der Waals surface area contributed by atoms with E-state index in [9.17, 15) is 24.5 Å². The van der Waals surface area contributed by atoms with Gasteiger partial charge in [-0.05, 0) is 24.3 Å². The van der Waals surface area contributed by atoms with E-state index in [1.165, 1.54) is 36.4 Å². The molecule has 2 aliphatic rings. The molecule has 1 N–H and O–H groups in total. The van der Waals surface area contributed by atoms with Crippen LogP contribution in [-0.2, 0) is 32.3 Å². The maximum atomic E-state index is 12.4. The van der Waals surface area contributed by atoms with E-state index in [1.54, 1.807) is 0 Å². The summed E-state index contributed by atoms with van der Waals surface area (Å²) in [5, 5.41) is 12.3. The fraction of sp³-hybridized carbons (Fsp3) is 0.250. The molecule has 31 heavy (non-hydrogen) atoms. The van der Waals surface area contributed by atoms with Crippen molar-refractivity contribution in [2.45, 2.75) is 26.1 Å². The molecule has 0 aliphatic carbocycles. The summed E-state index contributed by atoms with van der Waals surface area (Å²) in [7, 11) is 0. The lowest BCUT2D eigenvalue weighted by Crippen LogP contribution is -2.50. The average molecular weight is 427 g/mol. The zero-order valence-corrected chi connectivity index (χ0v) is 16.2. The molecule has 4 rings (SSSR count). The number of nitro benzene ring substituents is 1. The van der Waals surface area contributed by atoms with E-state index in [1.807, 2.05) is 0 Å². The van der Waals surface area contributed by atoms with Crippen LogP contribution in [0.1, 0.15) is 34.3 Å². The van der Waals surface area contributed by atoms with Gasteiger partial charge < -0.3 is 14.2 Å². The monoisotopic (exact) mass is 427 g/mol. The number of benzene rings is 2. The van der Waals surface area contributed by atoms with Crippen molar-refractivity contribution in [2.75, 3.05) is 11.8 Å². The first-order valence-electron chi connectivity index (χ1n) is 9.33. The highest BCUT2D eigenvalue weighted by atomic mass is 16.7. The predicted molar refractivity (Wildman–Crippen MR) is 104 cm³/mol. The Balaban J connectivity index is 1.47. The highest BCUT2D eigenvalue weighted by Gasteiger charge is 2.25. The van der Waals surface area contributed by atoms with E-state index in [0.29, 0.717) is 22.6 Å². The highest BCUT2D eigenvalue weighted by Crippen LogP contribution is 2.33. The van der Waals surface area contributed by atoms with Crippen LogP contribution in [-0.4, -0.2) is 29.5 Å². The van der Waals surface area contributed by atoms with Crippen molar-refractivity contribution in [3.63, 3.8) is 0 Å². The average Bonchev–Trinajstić information content (AvgIpc) is 2.78. The van der Waals surface area contributed by atoms with Crippen LogP contribution in [0.15, 0.2) is 36.4 Å². The van der Waals surface area contributed by atoms with Gasteiger partial charge in [0, 0.05) is 36.1 Å². The number of nitrogens with one attached hydrogen (secondary N) is 1. The summed E-state index contributed by atoms with van der Waals surface area (Å²) in [4.78, 5) is 46.5. The second-order valence-corrected chi connectivity index (χ2v) is 6.85. The zero-order chi connectivity index (χ0) is 22.0. The number of hydrazine groups is 1. The molecular weight excluding hydrogens is 410 g/mol. The van der Waals surface area contributed by atoms with Gasteiger partial charge in [0.1, 0.15) is 12.4 Å². The van der Waals surface area contributed by atoms with Gasteiger partial charge in [0.2, 0.25) is 11.8 Å². The third-order valence-corrected chi connectivity index (χ3v) is 4.75. The lowest BCUT2D eigenvalue weighted by Gasteiger charge is -2.27. The van der Waals surface area contributed by atoms with Gasteiger partial charge in [-0.3, -0.25) is 25.1 Å². The molecule has 1 fully saturated rings. The number of carbonyl (C=O) groups excluding carboxylic acids is 3. The van der Waals surface area contributed by atoms with E-state index in [4.69, 9.17) is 14.2 Å². The standard InChI is InChI=1S/C20H17N3O8/c24-17-5-6-18(25)22(21-17)15-3-1-12(2-4-15)20(26)30-10-14-8-16(23(27)28)7-13-9-29-11-31-19(13)14/h1-4,7-8H,5-6,9-11H2,(H,21,24). The van der Waals surface area contributed by atoms with Crippen LogP contribution in [0.4, 0.5) is 11.4 Å². The van der Waals surface area contributed by atoms with Gasteiger partial charge in [-0.25, -0.2) is 9.80 Å². The minimum atomic E-state index is -0.659. The molecule has 11 nitrogen and oxygen atoms in total. The summed E-state index contributed by atoms with van der Waals surface area (Å²) in [5.74, 6) is -0.780. The van der Waals surface area contributed by atoms with Crippen LogP contribution in [0, 0.1) is 10.1 Å². The molecule has 2 aromatic rings. The van der Waals surface area contributed by atoms with Gasteiger partial charge in [-0.2, -0.15) is 0 Å². The van der Waals surface area contributed by atoms with Crippen LogP contribution in [0.25, 0.3) is 0 Å². The number of rotatable bonds is 5. The molecule has 0 spiro atoms. The summed E-state index contributed by atoms with van der Waals surface area (Å²) in [6.45, 7) is -0.0740. The third kappa shape index (κ3) is 4.31. The number of nitrogens with zero attached hydrogens (tertiary/aromatic N) is 2. The van der Waals surface area contributed by atoms with E-state index in [2.05, 4.69) is 5.43 Å². The minimum absolute atomic E-state index is 0.00101. The van der Waals surface area contributed by atoms with Crippen molar-refractivity contribution in [1.29, 1.82) is 0 Å². The van der Waals surface area contributed by atoms with Crippen molar-refractivity contribution in [1.82, 2.24) is 5.43 Å². The van der Waals surface area contributed by atoms with Gasteiger partial charge in [0.25, 0.3) is 5.69 Å². The van der Waals surface area contributed by atoms with Gasteiger partial charge in [-0.1, -0.05) is 0 Å². The fourth-order valence-corrected chi connectivity index (χ4v) is 3.25. The topological polar surface area (TPSA) is 137 Å². The molecule has 0 radical (unpaired) electrons. The number of non-ortho nitro benzene ring substituents is 1. The SMILES string of the molecule is O=C1CCC(=O)N(c2ccc(C(=O)OCc3cc([N+](=O)[O-])cc4c3OCOC4)cc2)N1. The first-order chi connectivity index (χ1) is 14.9. The summed E-state index contributed by atoms with van der Waals surface area (Å²) < 4.78 is 15.9. The van der Waals surface area contributed by atoms with Crippen LogP contribution < -0.4 is 15.2 Å². The second-order valence-electron chi connectivity index (χ2n) is 6.85. The van der Waals surface area contributed by atoms with Crippen molar-refractivity contribution in [2.24, 2.45) is 0 Å². The Labute approximate surface area is 175 Å². The summed E-state index contributed by atoms with van der Waals surface area (Å²) in [5.41, 5.74) is 3.80. The smallest absolute Gasteiger partial charge is 0.338 e. The number of carbonyl (C=O) groups is 3. The Kier molecular flexibility index (Phi) is 5.50. The molecule has 0 bridgehead atoms. The summed E-state index contributed by atoms with van der Waals surface area (Å²) in [6, 6.07) is 8.59. The van der Waals surface area contributed by atoms with Gasteiger partial charge in [0.15, 0.2) is 6.79 Å². The first-order valence-corrected chi connectivity index (χ1v) is 9.33. The number of amides is 2. The Hall–Kier alpha value is -3.99. The first kappa shape index (κ1) is 20.3. The Morgan fingerprint density at radius 3 is 2.71 bits per heavy atom. The Morgan fingerprint density at radius 2 is 1.97 bits per heavy atom. The number of hydrogen-bond acceptors (Lipinski definition) is 8. The summed E-state index contributed by atoms with van der Waals surface area (Å²) >= 11 is 0.